The Hall–Kier alpha value is -1.35. The summed E-state index contributed by atoms with van der Waals surface area (Å²) in [6.07, 6.45) is -0.201. The van der Waals surface area contributed by atoms with Crippen LogP contribution in [0.2, 0.25) is 0 Å². The zero-order valence-corrected chi connectivity index (χ0v) is 15.5. The average Bonchev–Trinajstić information content (AvgIpc) is 3.22. The maximum absolute atomic E-state index is 13.4. The van der Waals surface area contributed by atoms with Gasteiger partial charge in [-0.3, -0.25) is 4.79 Å². The molecule has 0 spiro atoms. The minimum absolute atomic E-state index is 0. The molecule has 1 aromatic heterocycles. The lowest BCUT2D eigenvalue weighted by molar-refractivity contribution is -0.164. The molecular formula is C16H25ClF3N5O. The molecular weight excluding hydrogens is 371 g/mol. The number of piperidine rings is 1. The highest BCUT2D eigenvalue weighted by Crippen LogP contribution is 2.35. The largest absolute Gasteiger partial charge is 0.408 e. The number of carbonyl (C=O) groups excluding carboxylic acids is 1. The third-order valence-corrected chi connectivity index (χ3v) is 5.31. The van der Waals surface area contributed by atoms with Crippen molar-refractivity contribution < 1.29 is 18.0 Å². The van der Waals surface area contributed by atoms with Gasteiger partial charge in [-0.25, -0.2) is 4.68 Å². The molecule has 0 bridgehead atoms. The predicted molar refractivity (Wildman–Crippen MR) is 92.4 cm³/mol. The lowest BCUT2D eigenvalue weighted by Gasteiger charge is -2.26. The Labute approximate surface area is 156 Å². The van der Waals surface area contributed by atoms with Crippen molar-refractivity contribution in [3.05, 3.63) is 11.4 Å². The first kappa shape index (κ1) is 21.0. The fourth-order valence-corrected chi connectivity index (χ4v) is 3.92. The fourth-order valence-electron chi connectivity index (χ4n) is 3.92. The number of rotatable bonds is 4. The van der Waals surface area contributed by atoms with Gasteiger partial charge in [0.05, 0.1) is 11.7 Å². The van der Waals surface area contributed by atoms with Gasteiger partial charge >= 0.3 is 6.18 Å². The quantitative estimate of drug-likeness (QED) is 0.822. The maximum atomic E-state index is 13.4. The summed E-state index contributed by atoms with van der Waals surface area (Å²) in [5.74, 6) is -1.34. The first-order valence-electron chi connectivity index (χ1n) is 8.88. The van der Waals surface area contributed by atoms with E-state index in [-0.39, 0.29) is 24.1 Å². The molecule has 0 aromatic carbocycles. The highest BCUT2D eigenvalue weighted by Gasteiger charge is 2.46. The Bertz CT molecular complexity index is 610. The normalized spacial score (nSPS) is 20.6. The molecule has 2 aliphatic rings. The summed E-state index contributed by atoms with van der Waals surface area (Å²) < 4.78 is 41.8. The van der Waals surface area contributed by atoms with Crippen LogP contribution in [0.5, 0.6) is 0 Å². The first-order valence-corrected chi connectivity index (χ1v) is 8.88. The number of nitrogens with one attached hydrogen (secondary N) is 2. The van der Waals surface area contributed by atoms with Gasteiger partial charge in [-0.2, -0.15) is 13.2 Å². The molecule has 1 saturated carbocycles. The number of halogens is 4. The Morgan fingerprint density at radius 2 is 1.85 bits per heavy atom. The average molecular weight is 396 g/mol. The molecule has 26 heavy (non-hydrogen) atoms. The molecule has 2 heterocycles. The molecule has 1 aliphatic heterocycles. The molecule has 148 valence electrons. The van der Waals surface area contributed by atoms with Crippen LogP contribution < -0.4 is 10.6 Å². The Kier molecular flexibility index (Phi) is 6.90. The molecule has 1 aliphatic carbocycles. The number of amides is 1. The van der Waals surface area contributed by atoms with Gasteiger partial charge < -0.3 is 10.6 Å². The zero-order valence-electron chi connectivity index (χ0n) is 14.7. The molecule has 2 N–H and O–H groups in total. The van der Waals surface area contributed by atoms with Crippen LogP contribution in [0.4, 0.5) is 13.2 Å². The number of nitrogens with zero attached hydrogens (tertiary/aromatic N) is 3. The number of carbonyl (C=O) groups is 1. The SMILES string of the molecule is Cc1c(C(=O)NC(C2CCCC2)C(F)(F)F)nnn1C1CCNCC1.Cl. The van der Waals surface area contributed by atoms with Gasteiger partial charge in [-0.15, -0.1) is 17.5 Å². The highest BCUT2D eigenvalue weighted by atomic mass is 35.5. The van der Waals surface area contributed by atoms with Gasteiger partial charge in [0.25, 0.3) is 5.91 Å². The van der Waals surface area contributed by atoms with Crippen molar-refractivity contribution in [3.63, 3.8) is 0 Å². The van der Waals surface area contributed by atoms with Crippen LogP contribution in [-0.2, 0) is 0 Å². The van der Waals surface area contributed by atoms with E-state index in [1.54, 1.807) is 11.6 Å². The topological polar surface area (TPSA) is 71.8 Å². The summed E-state index contributed by atoms with van der Waals surface area (Å²) in [5, 5.41) is 13.3. The van der Waals surface area contributed by atoms with E-state index in [0.717, 1.165) is 38.8 Å². The molecule has 0 radical (unpaired) electrons. The number of hydrogen-bond acceptors (Lipinski definition) is 4. The van der Waals surface area contributed by atoms with Crippen molar-refractivity contribution in [3.8, 4) is 0 Å². The van der Waals surface area contributed by atoms with E-state index in [9.17, 15) is 18.0 Å². The lowest BCUT2D eigenvalue weighted by Crippen LogP contribution is -2.49. The summed E-state index contributed by atoms with van der Waals surface area (Å²) in [5.41, 5.74) is 0.516. The molecule has 1 aromatic rings. The second-order valence-electron chi connectivity index (χ2n) is 6.99. The van der Waals surface area contributed by atoms with Gasteiger partial charge in [-0.05, 0) is 51.6 Å². The highest BCUT2D eigenvalue weighted by molar-refractivity contribution is 5.93. The van der Waals surface area contributed by atoms with Crippen molar-refractivity contribution >= 4 is 18.3 Å². The molecule has 10 heteroatoms. The Balaban J connectivity index is 0.00000243. The van der Waals surface area contributed by atoms with E-state index in [1.165, 1.54) is 0 Å². The minimum Gasteiger partial charge on any atom is -0.339 e. The summed E-state index contributed by atoms with van der Waals surface area (Å²) in [6.45, 7) is 3.39. The molecule has 2 fully saturated rings. The van der Waals surface area contributed by atoms with E-state index < -0.39 is 24.0 Å². The number of alkyl halides is 3. The minimum atomic E-state index is -4.45. The molecule has 1 amide bonds. The van der Waals surface area contributed by atoms with Crippen LogP contribution in [0.3, 0.4) is 0 Å². The summed E-state index contributed by atoms with van der Waals surface area (Å²) >= 11 is 0. The van der Waals surface area contributed by atoms with Gasteiger partial charge in [0, 0.05) is 0 Å². The molecule has 1 atom stereocenters. The van der Waals surface area contributed by atoms with Gasteiger partial charge in [0.15, 0.2) is 5.69 Å². The number of hydrogen-bond donors (Lipinski definition) is 2. The summed E-state index contributed by atoms with van der Waals surface area (Å²) in [6, 6.07) is -1.69. The third kappa shape index (κ3) is 4.49. The standard InChI is InChI=1S/C16H24F3N5O.ClH/c1-10-13(22-23-24(10)12-6-8-20-9-7-12)15(25)21-14(16(17,18)19)11-4-2-3-5-11;/h11-12,14,20H,2-9H2,1H3,(H,21,25);1H. The molecule has 1 unspecified atom stereocenters. The lowest BCUT2D eigenvalue weighted by atomic mass is 9.97. The van der Waals surface area contributed by atoms with Gasteiger partial charge in [-0.1, -0.05) is 18.1 Å². The van der Waals surface area contributed by atoms with E-state index in [4.69, 9.17) is 0 Å². The fraction of sp³-hybridized carbons (Fsp3) is 0.812. The van der Waals surface area contributed by atoms with Crippen LogP contribution in [0, 0.1) is 12.8 Å². The maximum Gasteiger partial charge on any atom is 0.408 e. The summed E-state index contributed by atoms with van der Waals surface area (Å²) in [7, 11) is 0. The van der Waals surface area contributed by atoms with Crippen molar-refractivity contribution in [2.75, 3.05) is 13.1 Å². The second-order valence-corrected chi connectivity index (χ2v) is 6.99. The van der Waals surface area contributed by atoms with Crippen LogP contribution in [0.15, 0.2) is 0 Å². The van der Waals surface area contributed by atoms with E-state index in [2.05, 4.69) is 20.9 Å². The molecule has 6 nitrogen and oxygen atoms in total. The van der Waals surface area contributed by atoms with Crippen molar-refractivity contribution in [1.82, 2.24) is 25.6 Å². The number of aromatic nitrogens is 3. The van der Waals surface area contributed by atoms with Crippen molar-refractivity contribution in [2.24, 2.45) is 5.92 Å². The van der Waals surface area contributed by atoms with Gasteiger partial charge in [0.1, 0.15) is 6.04 Å². The van der Waals surface area contributed by atoms with Gasteiger partial charge in [0.2, 0.25) is 0 Å². The predicted octanol–water partition coefficient (Wildman–Crippen LogP) is 2.78. The third-order valence-electron chi connectivity index (χ3n) is 5.31. The first-order chi connectivity index (χ1) is 11.9. The van der Waals surface area contributed by atoms with Crippen LogP contribution in [-0.4, -0.2) is 46.2 Å². The van der Waals surface area contributed by atoms with Crippen LogP contribution in [0.1, 0.15) is 60.7 Å². The van der Waals surface area contributed by atoms with Crippen molar-refractivity contribution in [2.45, 2.75) is 63.7 Å². The van der Waals surface area contributed by atoms with Crippen molar-refractivity contribution in [1.29, 1.82) is 0 Å². The zero-order chi connectivity index (χ0) is 18.0. The Morgan fingerprint density at radius 3 is 2.42 bits per heavy atom. The Morgan fingerprint density at radius 1 is 1.23 bits per heavy atom. The molecule has 3 rings (SSSR count). The summed E-state index contributed by atoms with van der Waals surface area (Å²) in [4.78, 5) is 12.4. The monoisotopic (exact) mass is 395 g/mol. The molecule has 1 saturated heterocycles. The van der Waals surface area contributed by atoms with E-state index >= 15 is 0 Å². The second kappa shape index (κ2) is 8.56. The van der Waals surface area contributed by atoms with E-state index in [0.29, 0.717) is 18.5 Å². The van der Waals surface area contributed by atoms with E-state index in [1.807, 2.05) is 0 Å². The smallest absolute Gasteiger partial charge is 0.339 e. The van der Waals surface area contributed by atoms with Crippen LogP contribution >= 0.6 is 12.4 Å². The van der Waals surface area contributed by atoms with Crippen LogP contribution in [0.25, 0.3) is 0 Å².